The van der Waals surface area contributed by atoms with E-state index in [9.17, 15) is 13.2 Å². The summed E-state index contributed by atoms with van der Waals surface area (Å²) in [6, 6.07) is 0. The molecule has 0 atom stereocenters. The molecule has 0 bridgehead atoms. The molecule has 1 N–H and O–H groups in total. The number of hydrogen-bond donors (Lipinski definition) is 1. The maximum atomic E-state index is 12.4. The van der Waals surface area contributed by atoms with Crippen molar-refractivity contribution < 1.29 is 13.2 Å². The first kappa shape index (κ1) is 16.7. The second kappa shape index (κ2) is 7.42. The largest absolute Gasteiger partial charge is 0.406 e. The van der Waals surface area contributed by atoms with Crippen LogP contribution in [0, 0.1) is 5.92 Å². The van der Waals surface area contributed by atoms with E-state index in [0.717, 1.165) is 17.0 Å². The molecule has 0 unspecified atom stereocenters. The highest BCUT2D eigenvalue weighted by Gasteiger charge is 2.31. The van der Waals surface area contributed by atoms with Crippen LogP contribution in [0.3, 0.4) is 0 Å². The van der Waals surface area contributed by atoms with Crippen molar-refractivity contribution in [3.8, 4) is 0 Å². The van der Waals surface area contributed by atoms with Crippen LogP contribution in [0.2, 0.25) is 0 Å². The third-order valence-electron chi connectivity index (χ3n) is 2.61. The van der Waals surface area contributed by atoms with Gasteiger partial charge in [-0.15, -0.1) is 0 Å². The van der Waals surface area contributed by atoms with Gasteiger partial charge in [0, 0.05) is 31.0 Å². The van der Waals surface area contributed by atoms with Crippen molar-refractivity contribution in [3.05, 3.63) is 18.0 Å². The number of alkyl halides is 3. The molecule has 0 aliphatic heterocycles. The zero-order valence-electron chi connectivity index (χ0n) is 12.0. The van der Waals surface area contributed by atoms with Gasteiger partial charge in [0.1, 0.15) is 6.54 Å². The third-order valence-corrected chi connectivity index (χ3v) is 2.61. The predicted octanol–water partition coefficient (Wildman–Crippen LogP) is 2.61. The SMILES string of the molecule is CCN(CC(F)(F)F)c1ncc(CNCC(C)C)cn1. The lowest BCUT2D eigenvalue weighted by atomic mass is 10.2. The highest BCUT2D eigenvalue weighted by Crippen LogP contribution is 2.19. The van der Waals surface area contributed by atoms with E-state index in [0.29, 0.717) is 12.5 Å². The van der Waals surface area contributed by atoms with E-state index < -0.39 is 12.7 Å². The number of anilines is 1. The van der Waals surface area contributed by atoms with E-state index in [1.807, 2.05) is 0 Å². The molecule has 1 aromatic rings. The molecule has 1 rings (SSSR count). The van der Waals surface area contributed by atoms with Gasteiger partial charge in [-0.1, -0.05) is 13.8 Å². The quantitative estimate of drug-likeness (QED) is 0.838. The minimum absolute atomic E-state index is 0.109. The summed E-state index contributed by atoms with van der Waals surface area (Å²) in [7, 11) is 0. The number of aromatic nitrogens is 2. The highest BCUT2D eigenvalue weighted by atomic mass is 19.4. The summed E-state index contributed by atoms with van der Waals surface area (Å²) in [5, 5.41) is 3.23. The van der Waals surface area contributed by atoms with Crippen LogP contribution in [-0.2, 0) is 6.54 Å². The summed E-state index contributed by atoms with van der Waals surface area (Å²) in [6.07, 6.45) is -1.12. The Bertz CT molecular complexity index is 390. The molecule has 0 fully saturated rings. The predicted molar refractivity (Wildman–Crippen MR) is 72.5 cm³/mol. The standard InChI is InChI=1S/C13H21F3N4/c1-4-20(9-13(14,15)16)12-18-7-11(8-19-12)6-17-5-10(2)3/h7-8,10,17H,4-6,9H2,1-3H3. The fourth-order valence-electron chi connectivity index (χ4n) is 1.65. The summed E-state index contributed by atoms with van der Waals surface area (Å²) in [4.78, 5) is 9.12. The Morgan fingerprint density at radius 2 is 1.85 bits per heavy atom. The van der Waals surface area contributed by atoms with Crippen LogP contribution >= 0.6 is 0 Å². The lowest BCUT2D eigenvalue weighted by Crippen LogP contribution is -2.35. The Balaban J connectivity index is 2.60. The van der Waals surface area contributed by atoms with Crippen molar-refractivity contribution in [1.82, 2.24) is 15.3 Å². The smallest absolute Gasteiger partial charge is 0.332 e. The van der Waals surface area contributed by atoms with Crippen LogP contribution in [0.1, 0.15) is 26.3 Å². The van der Waals surface area contributed by atoms with Gasteiger partial charge >= 0.3 is 6.18 Å². The Kier molecular flexibility index (Phi) is 6.19. The van der Waals surface area contributed by atoms with Gasteiger partial charge in [0.15, 0.2) is 0 Å². The number of hydrogen-bond acceptors (Lipinski definition) is 4. The molecule has 0 aliphatic rings. The Morgan fingerprint density at radius 1 is 1.25 bits per heavy atom. The Morgan fingerprint density at radius 3 is 2.30 bits per heavy atom. The molecule has 114 valence electrons. The highest BCUT2D eigenvalue weighted by molar-refractivity contribution is 5.29. The summed E-state index contributed by atoms with van der Waals surface area (Å²) in [5.74, 6) is 0.648. The molecular weight excluding hydrogens is 269 g/mol. The Labute approximate surface area is 117 Å². The summed E-state index contributed by atoms with van der Waals surface area (Å²) < 4.78 is 37.2. The van der Waals surface area contributed by atoms with E-state index in [4.69, 9.17) is 0 Å². The maximum Gasteiger partial charge on any atom is 0.406 e. The van der Waals surface area contributed by atoms with Crippen LogP contribution in [0.5, 0.6) is 0 Å². The van der Waals surface area contributed by atoms with Gasteiger partial charge in [0.05, 0.1) is 0 Å². The monoisotopic (exact) mass is 290 g/mol. The molecule has 0 aromatic carbocycles. The first-order valence-electron chi connectivity index (χ1n) is 6.65. The van der Waals surface area contributed by atoms with Crippen LogP contribution in [0.15, 0.2) is 12.4 Å². The van der Waals surface area contributed by atoms with Crippen molar-refractivity contribution in [2.45, 2.75) is 33.5 Å². The van der Waals surface area contributed by atoms with Crippen molar-refractivity contribution in [2.24, 2.45) is 5.92 Å². The first-order valence-corrected chi connectivity index (χ1v) is 6.65. The minimum Gasteiger partial charge on any atom is -0.332 e. The van der Waals surface area contributed by atoms with E-state index in [1.165, 1.54) is 0 Å². The van der Waals surface area contributed by atoms with Crippen molar-refractivity contribution in [1.29, 1.82) is 0 Å². The molecule has 0 saturated heterocycles. The average Bonchev–Trinajstić information content (AvgIpc) is 2.35. The number of halogens is 3. The normalized spacial score (nSPS) is 11.9. The second-order valence-electron chi connectivity index (χ2n) is 5.05. The third kappa shape index (κ3) is 6.18. The fourth-order valence-corrected chi connectivity index (χ4v) is 1.65. The van der Waals surface area contributed by atoms with E-state index >= 15 is 0 Å². The molecule has 0 spiro atoms. The molecule has 0 radical (unpaired) electrons. The maximum absolute atomic E-state index is 12.4. The number of nitrogens with one attached hydrogen (secondary N) is 1. The molecule has 4 nitrogen and oxygen atoms in total. The van der Waals surface area contributed by atoms with Gasteiger partial charge < -0.3 is 10.2 Å². The van der Waals surface area contributed by atoms with Gasteiger partial charge in [-0.3, -0.25) is 0 Å². The molecule has 0 amide bonds. The second-order valence-corrected chi connectivity index (χ2v) is 5.05. The lowest BCUT2D eigenvalue weighted by Gasteiger charge is -2.22. The molecular formula is C13H21F3N4. The number of nitrogens with zero attached hydrogens (tertiary/aromatic N) is 3. The minimum atomic E-state index is -4.25. The van der Waals surface area contributed by atoms with Crippen molar-refractivity contribution in [2.75, 3.05) is 24.5 Å². The van der Waals surface area contributed by atoms with E-state index in [1.54, 1.807) is 19.3 Å². The summed E-state index contributed by atoms with van der Waals surface area (Å²) >= 11 is 0. The van der Waals surface area contributed by atoms with Gasteiger partial charge in [0.2, 0.25) is 5.95 Å². The Hall–Kier alpha value is -1.37. The molecule has 0 aliphatic carbocycles. The average molecular weight is 290 g/mol. The van der Waals surface area contributed by atoms with Crippen molar-refractivity contribution in [3.63, 3.8) is 0 Å². The van der Waals surface area contributed by atoms with Crippen molar-refractivity contribution >= 4 is 5.95 Å². The van der Waals surface area contributed by atoms with Gasteiger partial charge in [0.25, 0.3) is 0 Å². The first-order chi connectivity index (χ1) is 9.31. The van der Waals surface area contributed by atoms with Gasteiger partial charge in [-0.05, 0) is 19.4 Å². The molecule has 1 aromatic heterocycles. The van der Waals surface area contributed by atoms with Gasteiger partial charge in [-0.2, -0.15) is 13.2 Å². The van der Waals surface area contributed by atoms with E-state index in [-0.39, 0.29) is 12.5 Å². The van der Waals surface area contributed by atoms with Gasteiger partial charge in [-0.25, -0.2) is 9.97 Å². The summed E-state index contributed by atoms with van der Waals surface area (Å²) in [6.45, 7) is 6.51. The van der Waals surface area contributed by atoms with E-state index in [2.05, 4.69) is 29.1 Å². The molecule has 20 heavy (non-hydrogen) atoms. The molecule has 0 saturated carbocycles. The lowest BCUT2D eigenvalue weighted by molar-refractivity contribution is -0.119. The van der Waals surface area contributed by atoms with Crippen LogP contribution in [0.25, 0.3) is 0 Å². The molecule has 7 heteroatoms. The fraction of sp³-hybridized carbons (Fsp3) is 0.692. The zero-order chi connectivity index (χ0) is 15.2. The topological polar surface area (TPSA) is 41.1 Å². The van der Waals surface area contributed by atoms with Crippen LogP contribution < -0.4 is 10.2 Å². The van der Waals surface area contributed by atoms with Crippen LogP contribution in [0.4, 0.5) is 19.1 Å². The zero-order valence-corrected chi connectivity index (χ0v) is 12.0. The summed E-state index contributed by atoms with van der Waals surface area (Å²) in [5.41, 5.74) is 0.859. The van der Waals surface area contributed by atoms with Crippen LogP contribution in [-0.4, -0.2) is 35.8 Å². The number of rotatable bonds is 7. The molecule has 1 heterocycles.